The molecule has 19 heavy (non-hydrogen) atoms. The lowest BCUT2D eigenvalue weighted by Gasteiger charge is -2.20. The number of nitrogens with one attached hydrogen (secondary N) is 1. The van der Waals surface area contributed by atoms with Crippen molar-refractivity contribution < 1.29 is 14.6 Å². The first-order valence-corrected chi connectivity index (χ1v) is 6.54. The minimum Gasteiger partial charge on any atom is -0.444 e. The Balaban J connectivity index is 2.56. The third-order valence-corrected chi connectivity index (χ3v) is 2.72. The summed E-state index contributed by atoms with van der Waals surface area (Å²) in [4.78, 5) is 11.4. The van der Waals surface area contributed by atoms with Gasteiger partial charge in [-0.2, -0.15) is 0 Å². The zero-order chi connectivity index (χ0) is 14.6. The number of carbonyl (C=O) groups is 1. The van der Waals surface area contributed by atoms with Crippen LogP contribution in [0.2, 0.25) is 10.0 Å². The highest BCUT2D eigenvalue weighted by atomic mass is 35.5. The molecule has 0 heterocycles. The van der Waals surface area contributed by atoms with Gasteiger partial charge in [0.25, 0.3) is 0 Å². The van der Waals surface area contributed by atoms with Crippen molar-refractivity contribution in [1.82, 2.24) is 5.32 Å². The van der Waals surface area contributed by atoms with Gasteiger partial charge in [-0.25, -0.2) is 4.79 Å². The highest BCUT2D eigenvalue weighted by Crippen LogP contribution is 2.25. The van der Waals surface area contributed by atoms with Gasteiger partial charge in [0, 0.05) is 15.6 Å². The molecule has 6 heteroatoms. The van der Waals surface area contributed by atoms with Gasteiger partial charge in [-0.05, 0) is 32.9 Å². The fraction of sp³-hybridized carbons (Fsp3) is 0.462. The van der Waals surface area contributed by atoms with E-state index in [1.807, 2.05) is 0 Å². The standard InChI is InChI=1S/C13H17Cl2NO3/c1-13(2,3)19-12(18)16-7-11(17)9-5-4-8(14)6-10(9)15/h4-6,11,17H,7H2,1-3H3,(H,16,18). The fourth-order valence-corrected chi connectivity index (χ4v) is 1.91. The molecule has 1 atom stereocenters. The Hall–Kier alpha value is -0.970. The molecule has 1 unspecified atom stereocenters. The second kappa shape index (κ2) is 6.46. The molecular weight excluding hydrogens is 289 g/mol. The topological polar surface area (TPSA) is 58.6 Å². The van der Waals surface area contributed by atoms with Crippen molar-refractivity contribution in [3.8, 4) is 0 Å². The van der Waals surface area contributed by atoms with Crippen molar-refractivity contribution in [2.24, 2.45) is 0 Å². The molecule has 1 aromatic carbocycles. The van der Waals surface area contributed by atoms with E-state index in [0.29, 0.717) is 15.6 Å². The normalized spacial score (nSPS) is 12.9. The van der Waals surface area contributed by atoms with Gasteiger partial charge in [-0.1, -0.05) is 29.3 Å². The number of amides is 1. The van der Waals surface area contributed by atoms with Crippen LogP contribution in [0.1, 0.15) is 32.4 Å². The number of hydrogen-bond donors (Lipinski definition) is 2. The predicted octanol–water partition coefficient (Wildman–Crippen LogP) is 3.55. The van der Waals surface area contributed by atoms with E-state index in [1.165, 1.54) is 6.07 Å². The summed E-state index contributed by atoms with van der Waals surface area (Å²) in [5.41, 5.74) is -0.0745. The number of rotatable bonds is 3. The van der Waals surface area contributed by atoms with Crippen LogP contribution in [0.15, 0.2) is 18.2 Å². The van der Waals surface area contributed by atoms with Crippen molar-refractivity contribution in [2.45, 2.75) is 32.5 Å². The largest absolute Gasteiger partial charge is 0.444 e. The highest BCUT2D eigenvalue weighted by Gasteiger charge is 2.18. The Kier molecular flexibility index (Phi) is 5.47. The summed E-state index contributed by atoms with van der Waals surface area (Å²) in [6.07, 6.45) is -1.51. The van der Waals surface area contributed by atoms with Crippen LogP contribution in [0.25, 0.3) is 0 Å². The van der Waals surface area contributed by atoms with Gasteiger partial charge in [0.15, 0.2) is 0 Å². The molecule has 0 aromatic heterocycles. The molecule has 0 aliphatic rings. The van der Waals surface area contributed by atoms with Gasteiger partial charge in [-0.15, -0.1) is 0 Å². The van der Waals surface area contributed by atoms with Gasteiger partial charge in [0.2, 0.25) is 0 Å². The second-order valence-electron chi connectivity index (χ2n) is 5.06. The monoisotopic (exact) mass is 305 g/mol. The highest BCUT2D eigenvalue weighted by molar-refractivity contribution is 6.35. The van der Waals surface area contributed by atoms with Crippen LogP contribution < -0.4 is 5.32 Å². The molecule has 1 aromatic rings. The third kappa shape index (κ3) is 5.68. The Morgan fingerprint density at radius 1 is 1.42 bits per heavy atom. The summed E-state index contributed by atoms with van der Waals surface area (Å²) in [5, 5.41) is 13.3. The minimum atomic E-state index is -0.919. The lowest BCUT2D eigenvalue weighted by atomic mass is 10.1. The Morgan fingerprint density at radius 3 is 2.58 bits per heavy atom. The lowest BCUT2D eigenvalue weighted by Crippen LogP contribution is -2.34. The minimum absolute atomic E-state index is 0.0102. The van der Waals surface area contributed by atoms with E-state index >= 15 is 0 Å². The van der Waals surface area contributed by atoms with E-state index in [1.54, 1.807) is 32.9 Å². The molecule has 0 aliphatic carbocycles. The molecule has 1 amide bonds. The smallest absolute Gasteiger partial charge is 0.407 e. The molecule has 0 aliphatic heterocycles. The van der Waals surface area contributed by atoms with E-state index in [0.717, 1.165) is 0 Å². The average Bonchev–Trinajstić information content (AvgIpc) is 2.23. The maximum Gasteiger partial charge on any atom is 0.407 e. The van der Waals surface area contributed by atoms with E-state index < -0.39 is 17.8 Å². The summed E-state index contributed by atoms with van der Waals surface area (Å²) in [6.45, 7) is 5.30. The summed E-state index contributed by atoms with van der Waals surface area (Å²) in [7, 11) is 0. The zero-order valence-corrected chi connectivity index (χ0v) is 12.5. The summed E-state index contributed by atoms with van der Waals surface area (Å²) in [5.74, 6) is 0. The number of alkyl carbamates (subject to hydrolysis) is 1. The van der Waals surface area contributed by atoms with Gasteiger partial charge in [0.05, 0.1) is 12.6 Å². The number of benzene rings is 1. The maximum atomic E-state index is 11.4. The van der Waals surface area contributed by atoms with Crippen LogP contribution in [-0.2, 0) is 4.74 Å². The van der Waals surface area contributed by atoms with Crippen LogP contribution in [0.3, 0.4) is 0 Å². The SMILES string of the molecule is CC(C)(C)OC(=O)NCC(O)c1ccc(Cl)cc1Cl. The number of aliphatic hydroxyl groups excluding tert-OH is 1. The molecule has 106 valence electrons. The van der Waals surface area contributed by atoms with Gasteiger partial charge >= 0.3 is 6.09 Å². The quantitative estimate of drug-likeness (QED) is 0.898. The average molecular weight is 306 g/mol. The molecule has 0 saturated heterocycles. The third-order valence-electron chi connectivity index (χ3n) is 2.16. The molecule has 4 nitrogen and oxygen atoms in total. The van der Waals surface area contributed by atoms with Crippen molar-refractivity contribution in [2.75, 3.05) is 6.54 Å². The predicted molar refractivity (Wildman–Crippen MR) is 75.7 cm³/mol. The van der Waals surface area contributed by atoms with E-state index in [4.69, 9.17) is 27.9 Å². The molecule has 0 fully saturated rings. The second-order valence-corrected chi connectivity index (χ2v) is 5.91. The number of hydrogen-bond acceptors (Lipinski definition) is 3. The van der Waals surface area contributed by atoms with Crippen LogP contribution >= 0.6 is 23.2 Å². The first kappa shape index (κ1) is 16.1. The number of carbonyl (C=O) groups excluding carboxylic acids is 1. The Bertz CT molecular complexity index is 458. The van der Waals surface area contributed by atoms with Crippen molar-refractivity contribution >= 4 is 29.3 Å². The summed E-state index contributed by atoms with van der Waals surface area (Å²) in [6, 6.07) is 4.78. The molecule has 2 N–H and O–H groups in total. The van der Waals surface area contributed by atoms with E-state index in [-0.39, 0.29) is 6.54 Å². The van der Waals surface area contributed by atoms with Crippen LogP contribution in [-0.4, -0.2) is 23.3 Å². The lowest BCUT2D eigenvalue weighted by molar-refractivity contribution is 0.0492. The molecule has 0 saturated carbocycles. The zero-order valence-electron chi connectivity index (χ0n) is 11.0. The number of aliphatic hydroxyl groups is 1. The van der Waals surface area contributed by atoms with Gasteiger partial charge in [-0.3, -0.25) is 0 Å². The molecule has 0 bridgehead atoms. The molecule has 1 rings (SSSR count). The first-order chi connectivity index (χ1) is 8.69. The molecule has 0 radical (unpaired) electrons. The van der Waals surface area contributed by atoms with Gasteiger partial charge in [0.1, 0.15) is 5.60 Å². The first-order valence-electron chi connectivity index (χ1n) is 5.79. The fourth-order valence-electron chi connectivity index (χ4n) is 1.38. The summed E-state index contributed by atoms with van der Waals surface area (Å²) >= 11 is 11.7. The Labute approximate surface area is 122 Å². The number of halogens is 2. The Morgan fingerprint density at radius 2 is 2.05 bits per heavy atom. The van der Waals surface area contributed by atoms with Crippen molar-refractivity contribution in [1.29, 1.82) is 0 Å². The van der Waals surface area contributed by atoms with Gasteiger partial charge < -0.3 is 15.2 Å². The maximum absolute atomic E-state index is 11.4. The van der Waals surface area contributed by atoms with E-state index in [9.17, 15) is 9.90 Å². The van der Waals surface area contributed by atoms with Crippen LogP contribution in [0.5, 0.6) is 0 Å². The number of ether oxygens (including phenoxy) is 1. The molecule has 0 spiro atoms. The summed E-state index contributed by atoms with van der Waals surface area (Å²) < 4.78 is 5.06. The molecular formula is C13H17Cl2NO3. The van der Waals surface area contributed by atoms with E-state index in [2.05, 4.69) is 5.32 Å². The van der Waals surface area contributed by atoms with Crippen molar-refractivity contribution in [3.63, 3.8) is 0 Å². The van der Waals surface area contributed by atoms with Crippen LogP contribution in [0.4, 0.5) is 4.79 Å². The van der Waals surface area contributed by atoms with Crippen LogP contribution in [0, 0.1) is 0 Å². The van der Waals surface area contributed by atoms with Crippen molar-refractivity contribution in [3.05, 3.63) is 33.8 Å².